The molecule has 0 saturated heterocycles. The first-order chi connectivity index (χ1) is 10.1. The molecule has 3 nitrogen and oxygen atoms in total. The second-order valence-electron chi connectivity index (χ2n) is 4.34. The van der Waals surface area contributed by atoms with E-state index in [2.05, 4.69) is 0 Å². The van der Waals surface area contributed by atoms with Gasteiger partial charge < -0.3 is 9.84 Å². The lowest BCUT2D eigenvalue weighted by atomic mass is 10.1. The van der Waals surface area contributed by atoms with Crippen LogP contribution in [0.2, 0.25) is 5.02 Å². The van der Waals surface area contributed by atoms with E-state index in [0.29, 0.717) is 5.75 Å². The molecule has 0 aliphatic heterocycles. The summed E-state index contributed by atoms with van der Waals surface area (Å²) in [4.78, 5) is 11.7. The fraction of sp³-hybridized carbons (Fsp3) is 0.188. The average Bonchev–Trinajstić information content (AvgIpc) is 2.48. The second kappa shape index (κ2) is 7.96. The van der Waals surface area contributed by atoms with Crippen molar-refractivity contribution in [2.24, 2.45) is 0 Å². The molecule has 0 fully saturated rings. The lowest BCUT2D eigenvalue weighted by molar-refractivity contribution is -0.139. The highest BCUT2D eigenvalue weighted by molar-refractivity contribution is 7.99. The van der Waals surface area contributed by atoms with Gasteiger partial charge in [0, 0.05) is 15.7 Å². The Morgan fingerprint density at radius 2 is 1.86 bits per heavy atom. The van der Waals surface area contributed by atoms with Crippen molar-refractivity contribution in [2.45, 2.75) is 11.3 Å². The quantitative estimate of drug-likeness (QED) is 0.778. The summed E-state index contributed by atoms with van der Waals surface area (Å²) in [7, 11) is 0. The SMILES string of the molecule is O=C(O)COc1ccccc1CCSc1ccc(Cl)cc1. The van der Waals surface area contributed by atoms with Crippen LogP contribution in [0.15, 0.2) is 53.4 Å². The number of halogens is 1. The number of hydrogen-bond acceptors (Lipinski definition) is 3. The number of ether oxygens (including phenoxy) is 1. The monoisotopic (exact) mass is 322 g/mol. The Balaban J connectivity index is 1.90. The summed E-state index contributed by atoms with van der Waals surface area (Å²) in [6.07, 6.45) is 0.809. The topological polar surface area (TPSA) is 46.5 Å². The van der Waals surface area contributed by atoms with E-state index in [0.717, 1.165) is 27.7 Å². The zero-order valence-corrected chi connectivity index (χ0v) is 12.9. The van der Waals surface area contributed by atoms with E-state index in [4.69, 9.17) is 21.4 Å². The molecule has 0 spiro atoms. The van der Waals surface area contributed by atoms with Crippen molar-refractivity contribution in [1.82, 2.24) is 0 Å². The zero-order valence-electron chi connectivity index (χ0n) is 11.3. The molecule has 0 bridgehead atoms. The Morgan fingerprint density at radius 3 is 2.57 bits per heavy atom. The summed E-state index contributed by atoms with van der Waals surface area (Å²) < 4.78 is 5.29. The fourth-order valence-corrected chi connectivity index (χ4v) is 2.81. The van der Waals surface area contributed by atoms with Gasteiger partial charge in [-0.1, -0.05) is 29.8 Å². The van der Waals surface area contributed by atoms with Crippen molar-refractivity contribution >= 4 is 29.3 Å². The summed E-state index contributed by atoms with van der Waals surface area (Å²) in [6, 6.07) is 15.2. The van der Waals surface area contributed by atoms with Crippen LogP contribution in [0.25, 0.3) is 0 Å². The number of para-hydroxylation sites is 1. The molecule has 1 N–H and O–H groups in total. The van der Waals surface area contributed by atoms with E-state index in [1.807, 2.05) is 42.5 Å². The molecule has 2 rings (SSSR count). The van der Waals surface area contributed by atoms with Crippen molar-refractivity contribution in [2.75, 3.05) is 12.4 Å². The van der Waals surface area contributed by atoms with Crippen LogP contribution in [-0.4, -0.2) is 23.4 Å². The number of rotatable bonds is 7. The number of aryl methyl sites for hydroxylation is 1. The largest absolute Gasteiger partial charge is 0.482 e. The molecule has 0 heterocycles. The third kappa shape index (κ3) is 5.33. The van der Waals surface area contributed by atoms with Crippen molar-refractivity contribution in [3.63, 3.8) is 0 Å². The van der Waals surface area contributed by atoms with E-state index >= 15 is 0 Å². The van der Waals surface area contributed by atoms with E-state index in [9.17, 15) is 4.79 Å². The smallest absolute Gasteiger partial charge is 0.341 e. The summed E-state index contributed by atoms with van der Waals surface area (Å²) in [5.74, 6) is 0.548. The highest BCUT2D eigenvalue weighted by Crippen LogP contribution is 2.24. The first-order valence-electron chi connectivity index (χ1n) is 6.46. The van der Waals surface area contributed by atoms with Gasteiger partial charge in [0.25, 0.3) is 0 Å². The molecule has 0 radical (unpaired) electrons. The number of thioether (sulfide) groups is 1. The fourth-order valence-electron chi connectivity index (χ4n) is 1.80. The zero-order chi connectivity index (χ0) is 15.1. The Kier molecular flexibility index (Phi) is 5.96. The minimum atomic E-state index is -0.972. The second-order valence-corrected chi connectivity index (χ2v) is 5.95. The molecule has 21 heavy (non-hydrogen) atoms. The number of aliphatic carboxylic acids is 1. The lowest BCUT2D eigenvalue weighted by Gasteiger charge is -2.09. The predicted molar refractivity (Wildman–Crippen MR) is 85.5 cm³/mol. The maximum Gasteiger partial charge on any atom is 0.341 e. The Hall–Kier alpha value is -1.65. The Bertz CT molecular complexity index is 599. The van der Waals surface area contributed by atoms with Gasteiger partial charge in [-0.25, -0.2) is 4.79 Å². The number of carboxylic acid groups (broad SMARTS) is 1. The highest BCUT2D eigenvalue weighted by atomic mass is 35.5. The molecule has 0 aliphatic carbocycles. The normalized spacial score (nSPS) is 10.3. The van der Waals surface area contributed by atoms with E-state index in [-0.39, 0.29) is 6.61 Å². The molecule has 110 valence electrons. The van der Waals surface area contributed by atoms with E-state index in [1.54, 1.807) is 17.8 Å². The summed E-state index contributed by atoms with van der Waals surface area (Å²) >= 11 is 7.58. The van der Waals surface area contributed by atoms with Crippen LogP contribution < -0.4 is 4.74 Å². The average molecular weight is 323 g/mol. The minimum absolute atomic E-state index is 0.318. The van der Waals surface area contributed by atoms with Gasteiger partial charge in [0.05, 0.1) is 0 Å². The molecule has 0 amide bonds. The molecule has 2 aromatic carbocycles. The van der Waals surface area contributed by atoms with Crippen molar-refractivity contribution in [3.05, 3.63) is 59.1 Å². The van der Waals surface area contributed by atoms with Gasteiger partial charge in [0.2, 0.25) is 0 Å². The first-order valence-corrected chi connectivity index (χ1v) is 7.82. The van der Waals surface area contributed by atoms with Gasteiger partial charge >= 0.3 is 5.97 Å². The number of carbonyl (C=O) groups is 1. The Morgan fingerprint density at radius 1 is 1.14 bits per heavy atom. The number of carboxylic acids is 1. The molecular weight excluding hydrogens is 308 g/mol. The minimum Gasteiger partial charge on any atom is -0.482 e. The molecular formula is C16H15ClO3S. The summed E-state index contributed by atoms with van der Waals surface area (Å²) in [5.41, 5.74) is 1.01. The van der Waals surface area contributed by atoms with Gasteiger partial charge in [-0.3, -0.25) is 0 Å². The van der Waals surface area contributed by atoms with Crippen LogP contribution in [0.1, 0.15) is 5.56 Å². The van der Waals surface area contributed by atoms with Crippen LogP contribution in [0.3, 0.4) is 0 Å². The molecule has 0 atom stereocenters. The van der Waals surface area contributed by atoms with Crippen LogP contribution >= 0.6 is 23.4 Å². The van der Waals surface area contributed by atoms with Crippen molar-refractivity contribution < 1.29 is 14.6 Å². The first kappa shape index (κ1) is 15.7. The summed E-state index contributed by atoms with van der Waals surface area (Å²) in [6.45, 7) is -0.318. The van der Waals surface area contributed by atoms with Gasteiger partial charge in [-0.05, 0) is 42.3 Å². The molecule has 5 heteroatoms. The van der Waals surface area contributed by atoms with Crippen LogP contribution in [0.4, 0.5) is 0 Å². The molecule has 2 aromatic rings. The van der Waals surface area contributed by atoms with E-state index in [1.165, 1.54) is 0 Å². The molecule has 0 aromatic heterocycles. The van der Waals surface area contributed by atoms with Gasteiger partial charge in [0.15, 0.2) is 6.61 Å². The molecule has 0 saturated carbocycles. The van der Waals surface area contributed by atoms with Crippen LogP contribution in [0.5, 0.6) is 5.75 Å². The maximum absolute atomic E-state index is 10.6. The van der Waals surface area contributed by atoms with E-state index < -0.39 is 5.97 Å². The summed E-state index contributed by atoms with van der Waals surface area (Å²) in [5, 5.41) is 9.40. The van der Waals surface area contributed by atoms with Gasteiger partial charge in [-0.15, -0.1) is 11.8 Å². The Labute approximate surface area is 132 Å². The highest BCUT2D eigenvalue weighted by Gasteiger charge is 2.05. The predicted octanol–water partition coefficient (Wildman–Crippen LogP) is 4.14. The van der Waals surface area contributed by atoms with Crippen LogP contribution in [-0.2, 0) is 11.2 Å². The third-order valence-corrected chi connectivity index (χ3v) is 4.04. The standard InChI is InChI=1S/C16H15ClO3S/c17-13-5-7-14(8-6-13)21-10-9-12-3-1-2-4-15(12)20-11-16(18)19/h1-8H,9-11H2,(H,18,19). The number of benzene rings is 2. The third-order valence-electron chi connectivity index (χ3n) is 2.78. The lowest BCUT2D eigenvalue weighted by Crippen LogP contribution is -2.10. The van der Waals surface area contributed by atoms with Gasteiger partial charge in [0.1, 0.15) is 5.75 Å². The number of hydrogen-bond donors (Lipinski definition) is 1. The van der Waals surface area contributed by atoms with Gasteiger partial charge in [-0.2, -0.15) is 0 Å². The molecule has 0 unspecified atom stereocenters. The molecule has 0 aliphatic rings. The maximum atomic E-state index is 10.6. The van der Waals surface area contributed by atoms with Crippen molar-refractivity contribution in [3.8, 4) is 5.75 Å². The van der Waals surface area contributed by atoms with Crippen molar-refractivity contribution in [1.29, 1.82) is 0 Å². The van der Waals surface area contributed by atoms with Crippen LogP contribution in [0, 0.1) is 0 Å².